The molecule has 0 fully saturated rings. The van der Waals surface area contributed by atoms with E-state index in [1.54, 1.807) is 0 Å². The van der Waals surface area contributed by atoms with Crippen LogP contribution in [0.1, 0.15) is 16.1 Å². The van der Waals surface area contributed by atoms with Crippen molar-refractivity contribution in [3.63, 3.8) is 0 Å². The zero-order valence-corrected chi connectivity index (χ0v) is 7.47. The molecule has 10 heavy (non-hydrogen) atoms. The van der Waals surface area contributed by atoms with Gasteiger partial charge in [-0.15, -0.1) is 0 Å². The van der Waals surface area contributed by atoms with Crippen LogP contribution in [0.2, 0.25) is 0 Å². The number of rotatable bonds is 1. The average molecular weight is 202 g/mol. The molecule has 3 heteroatoms. The molecule has 0 N–H and O–H groups in total. The van der Waals surface area contributed by atoms with Gasteiger partial charge in [-0.1, -0.05) is 0 Å². The summed E-state index contributed by atoms with van der Waals surface area (Å²) in [5.41, 5.74) is 1.79. The first-order chi connectivity index (χ1) is 4.66. The lowest BCUT2D eigenvalue weighted by Crippen LogP contribution is -1.89. The highest BCUT2D eigenvalue weighted by Crippen LogP contribution is 2.17. The van der Waals surface area contributed by atoms with Crippen molar-refractivity contribution >= 4 is 22.2 Å². The molecular formula is C7H8BrNO. The Labute approximate surface area is 68.0 Å². The molecule has 2 nitrogen and oxygen atoms in total. The summed E-state index contributed by atoms with van der Waals surface area (Å²) in [6, 6.07) is 1.84. The fourth-order valence-electron chi connectivity index (χ4n) is 0.813. The highest BCUT2D eigenvalue weighted by molar-refractivity contribution is 9.10. The van der Waals surface area contributed by atoms with Crippen molar-refractivity contribution in [3.05, 3.63) is 21.9 Å². The summed E-state index contributed by atoms with van der Waals surface area (Å²) in [5.74, 6) is 0. The average Bonchev–Trinajstić information content (AvgIpc) is 2.17. The second kappa shape index (κ2) is 2.58. The van der Waals surface area contributed by atoms with E-state index in [2.05, 4.69) is 15.9 Å². The maximum absolute atomic E-state index is 10.3. The maximum atomic E-state index is 10.3. The largest absolute Gasteiger partial charge is 0.342 e. The van der Waals surface area contributed by atoms with Gasteiger partial charge in [0.25, 0.3) is 0 Å². The van der Waals surface area contributed by atoms with E-state index in [1.807, 2.05) is 24.6 Å². The van der Waals surface area contributed by atoms with E-state index in [0.717, 1.165) is 16.6 Å². The van der Waals surface area contributed by atoms with Gasteiger partial charge in [0.15, 0.2) is 6.29 Å². The molecule has 1 aromatic rings. The lowest BCUT2D eigenvalue weighted by Gasteiger charge is -1.95. The molecule has 0 spiro atoms. The number of carbonyl (C=O) groups excluding carboxylic acids is 1. The van der Waals surface area contributed by atoms with Crippen molar-refractivity contribution in [2.24, 2.45) is 7.05 Å². The summed E-state index contributed by atoms with van der Waals surface area (Å²) in [6.45, 7) is 1.96. The minimum absolute atomic E-state index is 0.708. The molecule has 1 rings (SSSR count). The molecule has 0 saturated carbocycles. The first kappa shape index (κ1) is 7.54. The van der Waals surface area contributed by atoms with Crippen molar-refractivity contribution in [2.75, 3.05) is 0 Å². The van der Waals surface area contributed by atoms with Gasteiger partial charge < -0.3 is 4.57 Å². The highest BCUT2D eigenvalue weighted by Gasteiger charge is 2.04. The fraction of sp³-hybridized carbons (Fsp3) is 0.286. The summed E-state index contributed by atoms with van der Waals surface area (Å²) in [6.07, 6.45) is 0.844. The van der Waals surface area contributed by atoms with Crippen molar-refractivity contribution < 1.29 is 4.79 Å². The van der Waals surface area contributed by atoms with E-state index in [0.29, 0.717) is 5.56 Å². The zero-order chi connectivity index (χ0) is 7.72. The van der Waals surface area contributed by atoms with E-state index in [4.69, 9.17) is 0 Å². The van der Waals surface area contributed by atoms with E-state index in [9.17, 15) is 4.79 Å². The van der Waals surface area contributed by atoms with E-state index in [-0.39, 0.29) is 0 Å². The van der Waals surface area contributed by atoms with Gasteiger partial charge in [-0.2, -0.15) is 0 Å². The molecule has 1 aromatic heterocycles. The number of nitrogens with zero attached hydrogens (tertiary/aromatic N) is 1. The predicted molar refractivity (Wildman–Crippen MR) is 43.2 cm³/mol. The molecule has 0 amide bonds. The Morgan fingerprint density at radius 2 is 2.30 bits per heavy atom. The normalized spacial score (nSPS) is 9.90. The topological polar surface area (TPSA) is 22.0 Å². The van der Waals surface area contributed by atoms with Crippen LogP contribution >= 0.6 is 15.9 Å². The standard InChI is InChI=1S/C7H8BrNO/c1-5-3-6(4-10)7(8)9(5)2/h3-4H,1-2H3. The van der Waals surface area contributed by atoms with Gasteiger partial charge in [0.05, 0.1) is 4.60 Å². The molecule has 0 aliphatic carbocycles. The van der Waals surface area contributed by atoms with Gasteiger partial charge in [-0.05, 0) is 28.9 Å². The van der Waals surface area contributed by atoms with E-state index >= 15 is 0 Å². The Hall–Kier alpha value is -0.570. The molecule has 0 radical (unpaired) electrons. The SMILES string of the molecule is Cc1cc(C=O)c(Br)n1C. The maximum Gasteiger partial charge on any atom is 0.152 e. The molecule has 0 bridgehead atoms. The number of hydrogen-bond acceptors (Lipinski definition) is 1. The van der Waals surface area contributed by atoms with Gasteiger partial charge in [0.2, 0.25) is 0 Å². The first-order valence-electron chi connectivity index (χ1n) is 2.94. The molecule has 1 heterocycles. The third kappa shape index (κ3) is 1.01. The molecule has 0 unspecified atom stereocenters. The number of carbonyl (C=O) groups is 1. The summed E-state index contributed by atoms with van der Waals surface area (Å²) in [4.78, 5) is 10.3. The second-order valence-corrected chi connectivity index (χ2v) is 2.96. The van der Waals surface area contributed by atoms with Gasteiger partial charge in [-0.3, -0.25) is 4.79 Å². The lowest BCUT2D eigenvalue weighted by atomic mass is 10.3. The van der Waals surface area contributed by atoms with Gasteiger partial charge in [-0.25, -0.2) is 0 Å². The van der Waals surface area contributed by atoms with Gasteiger partial charge in [0, 0.05) is 18.3 Å². The summed E-state index contributed by atoms with van der Waals surface area (Å²) in [5, 5.41) is 0. The first-order valence-corrected chi connectivity index (χ1v) is 3.73. The fourth-order valence-corrected chi connectivity index (χ4v) is 1.30. The number of aromatic nitrogens is 1. The van der Waals surface area contributed by atoms with Crippen LogP contribution in [0.3, 0.4) is 0 Å². The van der Waals surface area contributed by atoms with Crippen molar-refractivity contribution in [3.8, 4) is 0 Å². The molecular weight excluding hydrogens is 194 g/mol. The van der Waals surface area contributed by atoms with Gasteiger partial charge in [0.1, 0.15) is 0 Å². The minimum Gasteiger partial charge on any atom is -0.342 e. The van der Waals surface area contributed by atoms with Gasteiger partial charge >= 0.3 is 0 Å². The Balaban J connectivity index is 3.30. The number of aryl methyl sites for hydroxylation is 1. The molecule has 0 aromatic carbocycles. The monoisotopic (exact) mass is 201 g/mol. The Bertz CT molecular complexity index is 265. The number of hydrogen-bond donors (Lipinski definition) is 0. The Morgan fingerprint density at radius 3 is 2.50 bits per heavy atom. The van der Waals surface area contributed by atoms with Crippen LogP contribution < -0.4 is 0 Å². The van der Waals surface area contributed by atoms with E-state index in [1.165, 1.54) is 0 Å². The van der Waals surface area contributed by atoms with Crippen LogP contribution in [-0.4, -0.2) is 10.9 Å². The Kier molecular flexibility index (Phi) is 1.94. The third-order valence-corrected chi connectivity index (χ3v) is 2.54. The predicted octanol–water partition coefficient (Wildman–Crippen LogP) is 1.91. The van der Waals surface area contributed by atoms with Crippen molar-refractivity contribution in [2.45, 2.75) is 6.92 Å². The summed E-state index contributed by atoms with van der Waals surface area (Å²) in [7, 11) is 1.91. The molecule has 0 saturated heterocycles. The minimum atomic E-state index is 0.708. The zero-order valence-electron chi connectivity index (χ0n) is 5.89. The molecule has 54 valence electrons. The van der Waals surface area contributed by atoms with Crippen LogP contribution in [0.5, 0.6) is 0 Å². The lowest BCUT2D eigenvalue weighted by molar-refractivity contribution is 0.112. The number of aldehydes is 1. The number of halogens is 1. The third-order valence-electron chi connectivity index (χ3n) is 1.55. The van der Waals surface area contributed by atoms with Crippen LogP contribution in [0, 0.1) is 6.92 Å². The molecule has 0 aliphatic heterocycles. The quantitative estimate of drug-likeness (QED) is 0.637. The molecule has 0 aliphatic rings. The Morgan fingerprint density at radius 1 is 1.70 bits per heavy atom. The van der Waals surface area contributed by atoms with Crippen LogP contribution in [0.4, 0.5) is 0 Å². The van der Waals surface area contributed by atoms with Crippen molar-refractivity contribution in [1.29, 1.82) is 0 Å². The van der Waals surface area contributed by atoms with Crippen LogP contribution in [0.25, 0.3) is 0 Å². The summed E-state index contributed by atoms with van der Waals surface area (Å²) >= 11 is 3.29. The summed E-state index contributed by atoms with van der Waals surface area (Å²) < 4.78 is 2.77. The van der Waals surface area contributed by atoms with E-state index < -0.39 is 0 Å². The smallest absolute Gasteiger partial charge is 0.152 e. The van der Waals surface area contributed by atoms with Crippen molar-refractivity contribution in [1.82, 2.24) is 4.57 Å². The van der Waals surface area contributed by atoms with Crippen LogP contribution in [0.15, 0.2) is 10.7 Å². The molecule has 0 atom stereocenters. The highest BCUT2D eigenvalue weighted by atomic mass is 79.9. The van der Waals surface area contributed by atoms with Crippen LogP contribution in [-0.2, 0) is 7.05 Å². The second-order valence-electron chi connectivity index (χ2n) is 2.21.